The Morgan fingerprint density at radius 3 is 2.14 bits per heavy atom. The monoisotopic (exact) mass is 300 g/mol. The zero-order chi connectivity index (χ0) is 16.1. The van der Waals surface area contributed by atoms with Crippen molar-refractivity contribution in [1.82, 2.24) is 0 Å². The topological polar surface area (TPSA) is 98.0 Å². The van der Waals surface area contributed by atoms with Crippen molar-refractivity contribution in [2.24, 2.45) is 0 Å². The Bertz CT molecular complexity index is 719. The van der Waals surface area contributed by atoms with Crippen LogP contribution in [0.25, 0.3) is 6.08 Å². The van der Waals surface area contributed by atoms with Crippen molar-refractivity contribution >= 4 is 11.9 Å². The number of rotatable bonds is 5. The van der Waals surface area contributed by atoms with E-state index >= 15 is 0 Å². The number of aryl methyl sites for hydroxylation is 1. The molecule has 0 atom stereocenters. The van der Waals surface area contributed by atoms with Gasteiger partial charge in [-0.05, 0) is 47.9 Å². The maximum atomic E-state index is 11.8. The molecule has 114 valence electrons. The Kier molecular flexibility index (Phi) is 4.68. The summed E-state index contributed by atoms with van der Waals surface area (Å²) in [5.41, 5.74) is 1.35. The van der Waals surface area contributed by atoms with Crippen LogP contribution in [-0.4, -0.2) is 26.2 Å². The molecule has 4 N–H and O–H groups in total. The number of hydrogen-bond acceptors (Lipinski definition) is 5. The fourth-order valence-electron chi connectivity index (χ4n) is 1.91. The average molecular weight is 300 g/mol. The zero-order valence-electron chi connectivity index (χ0n) is 11.7. The highest BCUT2D eigenvalue weighted by Crippen LogP contribution is 2.26. The molecule has 0 aliphatic carbocycles. The van der Waals surface area contributed by atoms with Crippen LogP contribution in [0.2, 0.25) is 0 Å². The Morgan fingerprint density at radius 1 is 0.864 bits per heavy atom. The summed E-state index contributed by atoms with van der Waals surface area (Å²) in [7, 11) is 0. The van der Waals surface area contributed by atoms with Gasteiger partial charge in [-0.1, -0.05) is 18.2 Å². The Balaban J connectivity index is 1.93. The summed E-state index contributed by atoms with van der Waals surface area (Å²) in [6.07, 6.45) is 3.64. The molecule has 2 aromatic rings. The van der Waals surface area contributed by atoms with Crippen molar-refractivity contribution in [3.63, 3.8) is 0 Å². The van der Waals surface area contributed by atoms with Gasteiger partial charge in [0.1, 0.15) is 0 Å². The van der Waals surface area contributed by atoms with E-state index in [-0.39, 0.29) is 35.2 Å². The molecule has 0 fully saturated rings. The molecule has 0 aliphatic heterocycles. The molecule has 0 aliphatic rings. The minimum atomic E-state index is -0.242. The molecule has 0 saturated carbocycles. The van der Waals surface area contributed by atoms with E-state index in [0.29, 0.717) is 12.0 Å². The number of phenols is 4. The fourth-order valence-corrected chi connectivity index (χ4v) is 1.91. The fraction of sp³-hybridized carbons (Fsp3) is 0.118. The van der Waals surface area contributed by atoms with Gasteiger partial charge >= 0.3 is 0 Å². The van der Waals surface area contributed by atoms with Crippen molar-refractivity contribution in [2.45, 2.75) is 12.8 Å². The van der Waals surface area contributed by atoms with Crippen LogP contribution in [-0.2, 0) is 11.2 Å². The first-order valence-electron chi connectivity index (χ1n) is 6.69. The van der Waals surface area contributed by atoms with Crippen LogP contribution in [0.4, 0.5) is 0 Å². The molecule has 0 saturated heterocycles. The SMILES string of the molecule is O=C(/C=C/c1ccc(O)c(O)c1)CCc1ccc(O)c(O)c1. The number of benzene rings is 2. The highest BCUT2D eigenvalue weighted by atomic mass is 16.3. The van der Waals surface area contributed by atoms with Gasteiger partial charge in [-0.2, -0.15) is 0 Å². The number of carbonyl (C=O) groups excluding carboxylic acids is 1. The van der Waals surface area contributed by atoms with E-state index < -0.39 is 0 Å². The van der Waals surface area contributed by atoms with Crippen LogP contribution in [0.1, 0.15) is 17.5 Å². The van der Waals surface area contributed by atoms with Crippen LogP contribution >= 0.6 is 0 Å². The second-order valence-electron chi connectivity index (χ2n) is 4.87. The van der Waals surface area contributed by atoms with Crippen LogP contribution in [0.15, 0.2) is 42.5 Å². The molecule has 0 aromatic heterocycles. The first-order valence-corrected chi connectivity index (χ1v) is 6.69. The van der Waals surface area contributed by atoms with Crippen LogP contribution in [0.3, 0.4) is 0 Å². The molecular formula is C17H16O5. The van der Waals surface area contributed by atoms with E-state index in [9.17, 15) is 25.2 Å². The van der Waals surface area contributed by atoms with Crippen LogP contribution in [0.5, 0.6) is 23.0 Å². The number of hydrogen-bond donors (Lipinski definition) is 4. The number of carbonyl (C=O) groups is 1. The normalized spacial score (nSPS) is 10.9. The lowest BCUT2D eigenvalue weighted by Crippen LogP contribution is -1.96. The third kappa shape index (κ3) is 4.02. The molecule has 22 heavy (non-hydrogen) atoms. The number of phenolic OH excluding ortho intramolecular Hbond substituents is 4. The lowest BCUT2D eigenvalue weighted by atomic mass is 10.1. The summed E-state index contributed by atoms with van der Waals surface area (Å²) in [4.78, 5) is 11.8. The van der Waals surface area contributed by atoms with Gasteiger partial charge in [-0.15, -0.1) is 0 Å². The molecule has 0 radical (unpaired) electrons. The lowest BCUT2D eigenvalue weighted by molar-refractivity contribution is -0.114. The Hall–Kier alpha value is -2.95. The maximum absolute atomic E-state index is 11.8. The van der Waals surface area contributed by atoms with Gasteiger partial charge in [0.05, 0.1) is 0 Å². The van der Waals surface area contributed by atoms with Crippen molar-refractivity contribution < 1.29 is 25.2 Å². The van der Waals surface area contributed by atoms with Gasteiger partial charge in [-0.25, -0.2) is 0 Å². The van der Waals surface area contributed by atoms with E-state index in [4.69, 9.17) is 0 Å². The first kappa shape index (κ1) is 15.4. The minimum absolute atomic E-state index is 0.111. The third-order valence-corrected chi connectivity index (χ3v) is 3.16. The number of ketones is 1. The summed E-state index contributed by atoms with van der Waals surface area (Å²) >= 11 is 0. The predicted molar refractivity (Wildman–Crippen MR) is 81.9 cm³/mol. The summed E-state index contributed by atoms with van der Waals surface area (Å²) in [5, 5.41) is 37.1. The van der Waals surface area contributed by atoms with Gasteiger partial charge in [0.15, 0.2) is 28.8 Å². The van der Waals surface area contributed by atoms with Crippen molar-refractivity contribution in [1.29, 1.82) is 0 Å². The number of allylic oxidation sites excluding steroid dienone is 1. The van der Waals surface area contributed by atoms with Gasteiger partial charge in [0.25, 0.3) is 0 Å². The molecule has 0 unspecified atom stereocenters. The largest absolute Gasteiger partial charge is 0.504 e. The average Bonchev–Trinajstić information content (AvgIpc) is 2.49. The second-order valence-corrected chi connectivity index (χ2v) is 4.87. The van der Waals surface area contributed by atoms with E-state index in [0.717, 1.165) is 5.56 Å². The summed E-state index contributed by atoms with van der Waals surface area (Å²) in [6, 6.07) is 8.73. The lowest BCUT2D eigenvalue weighted by Gasteiger charge is -2.02. The van der Waals surface area contributed by atoms with E-state index in [1.54, 1.807) is 18.2 Å². The van der Waals surface area contributed by atoms with Crippen molar-refractivity contribution in [2.75, 3.05) is 0 Å². The molecule has 5 heteroatoms. The summed E-state index contributed by atoms with van der Waals surface area (Å²) < 4.78 is 0. The van der Waals surface area contributed by atoms with Crippen LogP contribution in [0, 0.1) is 0 Å². The zero-order valence-corrected chi connectivity index (χ0v) is 11.7. The minimum Gasteiger partial charge on any atom is -0.504 e. The summed E-state index contributed by atoms with van der Waals surface area (Å²) in [6.45, 7) is 0. The van der Waals surface area contributed by atoms with Gasteiger partial charge in [0.2, 0.25) is 0 Å². The smallest absolute Gasteiger partial charge is 0.157 e. The maximum Gasteiger partial charge on any atom is 0.157 e. The highest BCUT2D eigenvalue weighted by molar-refractivity contribution is 5.93. The Morgan fingerprint density at radius 2 is 1.50 bits per heavy atom. The molecule has 0 spiro atoms. The van der Waals surface area contributed by atoms with Gasteiger partial charge < -0.3 is 20.4 Å². The molecule has 0 bridgehead atoms. The van der Waals surface area contributed by atoms with Gasteiger partial charge in [0, 0.05) is 6.42 Å². The van der Waals surface area contributed by atoms with Crippen LogP contribution < -0.4 is 0 Å². The highest BCUT2D eigenvalue weighted by Gasteiger charge is 2.04. The molecule has 0 amide bonds. The summed E-state index contributed by atoms with van der Waals surface area (Å²) in [5.74, 6) is -0.966. The van der Waals surface area contributed by atoms with E-state index in [1.807, 2.05) is 0 Å². The number of aromatic hydroxyl groups is 4. The van der Waals surface area contributed by atoms with Gasteiger partial charge in [-0.3, -0.25) is 4.79 Å². The van der Waals surface area contributed by atoms with Crippen molar-refractivity contribution in [3.05, 3.63) is 53.6 Å². The Labute approximate surface area is 127 Å². The van der Waals surface area contributed by atoms with Crippen molar-refractivity contribution in [3.8, 4) is 23.0 Å². The second kappa shape index (κ2) is 6.67. The van der Waals surface area contributed by atoms with E-state index in [1.165, 1.54) is 30.3 Å². The predicted octanol–water partition coefficient (Wildman–Crippen LogP) is 2.72. The van der Waals surface area contributed by atoms with E-state index in [2.05, 4.69) is 0 Å². The molecule has 2 rings (SSSR count). The third-order valence-electron chi connectivity index (χ3n) is 3.16. The standard InChI is InChI=1S/C17H16O5/c18-13(5-1-11-3-7-14(19)16(21)9-11)6-2-12-4-8-15(20)17(22)10-12/h1,3-5,7-10,19-22H,2,6H2/b5-1+. The quantitative estimate of drug-likeness (QED) is 0.503. The first-order chi connectivity index (χ1) is 10.5. The molecule has 5 nitrogen and oxygen atoms in total. The molecule has 0 heterocycles. The molecular weight excluding hydrogens is 284 g/mol. The molecule has 2 aromatic carbocycles.